The number of hydrogen-bond donors (Lipinski definition) is 0. The van der Waals surface area contributed by atoms with E-state index in [1.165, 1.54) is 64.2 Å². The van der Waals surface area contributed by atoms with E-state index in [4.69, 9.17) is 14.2 Å². The molecule has 0 bridgehead atoms. The molecule has 0 aliphatic rings. The predicted octanol–water partition coefficient (Wildman–Crippen LogP) is 19.2. The third kappa shape index (κ3) is 56.1. The van der Waals surface area contributed by atoms with E-state index in [0.717, 1.165) is 116 Å². The van der Waals surface area contributed by atoms with Crippen molar-refractivity contribution in [2.45, 2.75) is 232 Å². The van der Waals surface area contributed by atoms with E-state index in [1.807, 2.05) is 48.6 Å². The van der Waals surface area contributed by atoms with Gasteiger partial charge in [0.15, 0.2) is 6.10 Å². The van der Waals surface area contributed by atoms with Crippen LogP contribution < -0.4 is 0 Å². The highest BCUT2D eigenvalue weighted by atomic mass is 16.6. The van der Waals surface area contributed by atoms with Gasteiger partial charge in [0.05, 0.1) is 0 Å². The van der Waals surface area contributed by atoms with Gasteiger partial charge >= 0.3 is 17.9 Å². The zero-order chi connectivity index (χ0) is 51.4. The lowest BCUT2D eigenvalue weighted by Crippen LogP contribution is -2.30. The van der Waals surface area contributed by atoms with Crippen LogP contribution in [-0.4, -0.2) is 37.2 Å². The number of ether oxygens (including phenoxy) is 3. The molecule has 1 atom stereocenters. The van der Waals surface area contributed by atoms with Crippen LogP contribution in [0, 0.1) is 0 Å². The SMILES string of the molecule is CC/C=C\C/C=C\C/C=C\C/C=C\C/C=C\C/C=C\CCC(=O)OCC(COC(=O)CCCCCCC/C=C\CCCCCCCCC)OC(=O)CCCCCCC\C=C/C=C\C=C/C=C\C=C/CCC. The van der Waals surface area contributed by atoms with Crippen LogP contribution in [0.4, 0.5) is 0 Å². The van der Waals surface area contributed by atoms with E-state index in [1.54, 1.807) is 0 Å². The molecule has 0 spiro atoms. The van der Waals surface area contributed by atoms with Crippen molar-refractivity contribution in [3.8, 4) is 0 Å². The Morgan fingerprint density at radius 2 is 0.662 bits per heavy atom. The maximum absolute atomic E-state index is 12.9. The average Bonchev–Trinajstić information content (AvgIpc) is 3.37. The Morgan fingerprint density at radius 3 is 1.13 bits per heavy atom. The summed E-state index contributed by atoms with van der Waals surface area (Å²) in [6, 6.07) is 0. The fraction of sp³-hybridized carbons (Fsp3) is 0.585. The Kier molecular flexibility index (Phi) is 54.0. The minimum absolute atomic E-state index is 0.122. The molecule has 0 rings (SSSR count). The normalized spacial score (nSPS) is 13.2. The Hall–Kier alpha value is -4.71. The minimum atomic E-state index is -0.833. The van der Waals surface area contributed by atoms with E-state index in [0.29, 0.717) is 12.8 Å². The van der Waals surface area contributed by atoms with Gasteiger partial charge in [-0.2, -0.15) is 0 Å². The molecule has 71 heavy (non-hydrogen) atoms. The van der Waals surface area contributed by atoms with Crippen molar-refractivity contribution in [3.05, 3.63) is 146 Å². The number of hydrogen-bond acceptors (Lipinski definition) is 6. The van der Waals surface area contributed by atoms with Crippen molar-refractivity contribution in [1.29, 1.82) is 0 Å². The Balaban J connectivity index is 4.60. The Morgan fingerprint density at radius 1 is 0.310 bits per heavy atom. The highest BCUT2D eigenvalue weighted by Crippen LogP contribution is 2.13. The van der Waals surface area contributed by atoms with Gasteiger partial charge in [-0.1, -0.05) is 250 Å². The van der Waals surface area contributed by atoms with Gasteiger partial charge in [0.25, 0.3) is 0 Å². The van der Waals surface area contributed by atoms with Gasteiger partial charge in [-0.15, -0.1) is 0 Å². The molecule has 0 aliphatic carbocycles. The van der Waals surface area contributed by atoms with E-state index in [-0.39, 0.29) is 44.0 Å². The lowest BCUT2D eigenvalue weighted by molar-refractivity contribution is -0.166. The molecule has 0 amide bonds. The van der Waals surface area contributed by atoms with Crippen LogP contribution in [0.2, 0.25) is 0 Å². The summed E-state index contributed by atoms with van der Waals surface area (Å²) < 4.78 is 16.8. The van der Waals surface area contributed by atoms with Crippen LogP contribution in [-0.2, 0) is 28.6 Å². The first-order valence-corrected chi connectivity index (χ1v) is 28.4. The van der Waals surface area contributed by atoms with Crippen molar-refractivity contribution in [1.82, 2.24) is 0 Å². The monoisotopic (exact) mass is 979 g/mol. The number of carbonyl (C=O) groups is 3. The average molecular weight is 980 g/mol. The lowest BCUT2D eigenvalue weighted by atomic mass is 10.1. The number of carbonyl (C=O) groups excluding carboxylic acids is 3. The van der Waals surface area contributed by atoms with Crippen LogP contribution in [0.3, 0.4) is 0 Å². The third-order valence-corrected chi connectivity index (χ3v) is 11.4. The second-order valence-corrected chi connectivity index (χ2v) is 18.2. The second kappa shape index (κ2) is 57.9. The van der Waals surface area contributed by atoms with Crippen molar-refractivity contribution >= 4 is 17.9 Å². The van der Waals surface area contributed by atoms with Gasteiger partial charge in [0, 0.05) is 19.3 Å². The van der Waals surface area contributed by atoms with Crippen molar-refractivity contribution in [2.75, 3.05) is 13.2 Å². The maximum Gasteiger partial charge on any atom is 0.306 e. The molecular formula is C65H102O6. The summed E-state index contributed by atoms with van der Waals surface area (Å²) in [5.74, 6) is -1.05. The van der Waals surface area contributed by atoms with Gasteiger partial charge in [-0.25, -0.2) is 0 Å². The van der Waals surface area contributed by atoms with Gasteiger partial charge < -0.3 is 14.2 Å². The largest absolute Gasteiger partial charge is 0.462 e. The summed E-state index contributed by atoms with van der Waals surface area (Å²) in [4.78, 5) is 38.1. The number of esters is 3. The summed E-state index contributed by atoms with van der Waals surface area (Å²) in [7, 11) is 0. The number of allylic oxidation sites excluding steroid dienone is 24. The fourth-order valence-corrected chi connectivity index (χ4v) is 7.20. The molecule has 0 saturated heterocycles. The first-order chi connectivity index (χ1) is 35.0. The molecule has 6 heteroatoms. The molecule has 0 aromatic heterocycles. The predicted molar refractivity (Wildman–Crippen MR) is 306 cm³/mol. The maximum atomic E-state index is 12.9. The van der Waals surface area contributed by atoms with Crippen LogP contribution in [0.1, 0.15) is 226 Å². The lowest BCUT2D eigenvalue weighted by Gasteiger charge is -2.18. The van der Waals surface area contributed by atoms with E-state index >= 15 is 0 Å². The molecular weight excluding hydrogens is 877 g/mol. The first-order valence-electron chi connectivity index (χ1n) is 28.4. The quantitative estimate of drug-likeness (QED) is 0.0199. The topological polar surface area (TPSA) is 78.9 Å². The molecule has 0 heterocycles. The Labute approximate surface area is 436 Å². The van der Waals surface area contributed by atoms with Crippen LogP contribution in [0.15, 0.2) is 146 Å². The molecule has 6 nitrogen and oxygen atoms in total. The molecule has 0 aromatic carbocycles. The van der Waals surface area contributed by atoms with Gasteiger partial charge in [0.2, 0.25) is 0 Å². The van der Waals surface area contributed by atoms with Gasteiger partial charge in [-0.3, -0.25) is 14.4 Å². The second-order valence-electron chi connectivity index (χ2n) is 18.2. The molecule has 0 fully saturated rings. The zero-order valence-corrected chi connectivity index (χ0v) is 45.4. The van der Waals surface area contributed by atoms with Gasteiger partial charge in [-0.05, 0) is 103 Å². The Bertz CT molecular complexity index is 1590. The molecule has 0 aromatic rings. The summed E-state index contributed by atoms with van der Waals surface area (Å²) in [6.45, 7) is 6.33. The van der Waals surface area contributed by atoms with Crippen LogP contribution in [0.25, 0.3) is 0 Å². The smallest absolute Gasteiger partial charge is 0.306 e. The highest BCUT2D eigenvalue weighted by Gasteiger charge is 2.19. The van der Waals surface area contributed by atoms with Crippen LogP contribution >= 0.6 is 0 Å². The fourth-order valence-electron chi connectivity index (χ4n) is 7.20. The first kappa shape index (κ1) is 66.3. The standard InChI is InChI=1S/C65H102O6/c1-4-7-10-13-16-19-22-25-28-31-33-35-37-40-43-46-49-52-55-58-64(67)70-61-62(60-69-63(66)57-54-51-48-45-42-39-36-30-27-24-21-18-15-12-9-6-3)71-65(68)59-56-53-50-47-44-41-38-34-32-29-26-23-20-17-14-11-8-5-2/h7,10-11,14,16-17,19-20,23,25-26,28-30,32-36,38,40,43,49,52,62H,4-6,8-9,12-13,15,18,21-22,24,27,31,37,39,41-42,44-48,50-51,53-61H2,1-3H3/b10-7-,14-11-,19-16-,20-17-,26-23-,28-25-,32-29-,35-33-,36-30-,38-34-,43-40-,52-49-. The molecule has 0 saturated carbocycles. The molecule has 0 radical (unpaired) electrons. The molecule has 0 aliphatic heterocycles. The van der Waals surface area contributed by atoms with Crippen LogP contribution in [0.5, 0.6) is 0 Å². The summed E-state index contributed by atoms with van der Waals surface area (Å²) in [5, 5.41) is 0. The summed E-state index contributed by atoms with van der Waals surface area (Å²) >= 11 is 0. The number of unbranched alkanes of at least 4 members (excludes halogenated alkanes) is 18. The summed E-state index contributed by atoms with van der Waals surface area (Å²) in [6.07, 6.45) is 82.7. The molecule has 1 unspecified atom stereocenters. The molecule has 0 N–H and O–H groups in total. The van der Waals surface area contributed by atoms with E-state index in [2.05, 4.69) is 118 Å². The minimum Gasteiger partial charge on any atom is -0.462 e. The summed E-state index contributed by atoms with van der Waals surface area (Å²) in [5.41, 5.74) is 0. The van der Waals surface area contributed by atoms with E-state index < -0.39 is 6.10 Å². The zero-order valence-electron chi connectivity index (χ0n) is 45.4. The van der Waals surface area contributed by atoms with Gasteiger partial charge in [0.1, 0.15) is 13.2 Å². The van der Waals surface area contributed by atoms with Crippen molar-refractivity contribution in [2.24, 2.45) is 0 Å². The van der Waals surface area contributed by atoms with E-state index in [9.17, 15) is 14.4 Å². The van der Waals surface area contributed by atoms with Crippen molar-refractivity contribution in [3.63, 3.8) is 0 Å². The van der Waals surface area contributed by atoms with Crippen molar-refractivity contribution < 1.29 is 28.6 Å². The number of rotatable bonds is 49. The third-order valence-electron chi connectivity index (χ3n) is 11.4. The highest BCUT2D eigenvalue weighted by molar-refractivity contribution is 5.71. The molecule has 398 valence electrons.